The molecule has 1 aromatic rings. The van der Waals surface area contributed by atoms with Gasteiger partial charge >= 0.3 is 0 Å². The topological polar surface area (TPSA) is 38.0 Å². The second kappa shape index (κ2) is 6.53. The molecule has 0 bridgehead atoms. The zero-order chi connectivity index (χ0) is 14.5. The molecule has 0 aliphatic rings. The van der Waals surface area contributed by atoms with Crippen molar-refractivity contribution in [3.05, 3.63) is 35.4 Å². The maximum absolute atomic E-state index is 5.73. The molecule has 3 N–H and O–H groups in total. The van der Waals surface area contributed by atoms with Crippen molar-refractivity contribution in [1.82, 2.24) is 5.32 Å². The van der Waals surface area contributed by atoms with Gasteiger partial charge in [0.05, 0.1) is 0 Å². The van der Waals surface area contributed by atoms with Gasteiger partial charge in [0, 0.05) is 6.54 Å². The van der Waals surface area contributed by atoms with E-state index in [2.05, 4.69) is 64.2 Å². The van der Waals surface area contributed by atoms with E-state index in [1.165, 1.54) is 11.1 Å². The van der Waals surface area contributed by atoms with E-state index in [1.807, 2.05) is 0 Å². The number of rotatable bonds is 6. The van der Waals surface area contributed by atoms with Gasteiger partial charge in [-0.05, 0) is 41.5 Å². The fourth-order valence-corrected chi connectivity index (χ4v) is 1.88. The molecule has 0 heterocycles. The maximum Gasteiger partial charge on any atom is 0.0205 e. The Morgan fingerprint density at radius 2 is 1.58 bits per heavy atom. The van der Waals surface area contributed by atoms with Crippen LogP contribution in [0.25, 0.3) is 0 Å². The highest BCUT2D eigenvalue weighted by molar-refractivity contribution is 5.27. The van der Waals surface area contributed by atoms with Crippen LogP contribution in [0, 0.1) is 5.41 Å². The molecule has 0 amide bonds. The summed E-state index contributed by atoms with van der Waals surface area (Å²) in [6.45, 7) is 13.9. The largest absolute Gasteiger partial charge is 0.330 e. The highest BCUT2D eigenvalue weighted by atomic mass is 14.8. The van der Waals surface area contributed by atoms with E-state index in [4.69, 9.17) is 5.73 Å². The molecule has 0 radical (unpaired) electrons. The summed E-state index contributed by atoms with van der Waals surface area (Å²) in [5.74, 6) is 0. The molecular formula is C17H30N2. The second-order valence-corrected chi connectivity index (χ2v) is 7.24. The van der Waals surface area contributed by atoms with E-state index >= 15 is 0 Å². The molecule has 0 spiro atoms. The lowest BCUT2D eigenvalue weighted by Gasteiger charge is -2.22. The first-order chi connectivity index (χ1) is 8.74. The average Bonchev–Trinajstić information content (AvgIpc) is 2.34. The van der Waals surface area contributed by atoms with E-state index in [1.54, 1.807) is 0 Å². The van der Waals surface area contributed by atoms with Gasteiger partial charge in [0.25, 0.3) is 0 Å². The number of hydrogen-bond acceptors (Lipinski definition) is 2. The zero-order valence-corrected chi connectivity index (χ0v) is 13.2. The highest BCUT2D eigenvalue weighted by Gasteiger charge is 2.14. The summed E-state index contributed by atoms with van der Waals surface area (Å²) in [4.78, 5) is 0. The third-order valence-electron chi connectivity index (χ3n) is 3.68. The molecule has 2 heteroatoms. The normalized spacial score (nSPS) is 12.7. The predicted molar refractivity (Wildman–Crippen MR) is 84.3 cm³/mol. The standard InChI is InChI=1S/C17H30N2/c1-16(2,3)15-8-6-14(7-9-15)12-19-11-10-17(4,5)13-18/h6-9,19H,10-13,18H2,1-5H3. The molecule has 2 nitrogen and oxygen atoms in total. The van der Waals surface area contributed by atoms with Crippen LogP contribution in [0.1, 0.15) is 52.2 Å². The predicted octanol–water partition coefficient (Wildman–Crippen LogP) is 3.45. The summed E-state index contributed by atoms with van der Waals surface area (Å²) in [6.07, 6.45) is 1.11. The van der Waals surface area contributed by atoms with Crippen molar-refractivity contribution in [2.45, 2.75) is 53.0 Å². The first-order valence-electron chi connectivity index (χ1n) is 7.25. The van der Waals surface area contributed by atoms with Gasteiger partial charge in [-0.3, -0.25) is 0 Å². The van der Waals surface area contributed by atoms with Crippen LogP contribution in [-0.4, -0.2) is 13.1 Å². The molecule has 1 rings (SSSR count). The van der Waals surface area contributed by atoms with Gasteiger partial charge in [-0.25, -0.2) is 0 Å². The fourth-order valence-electron chi connectivity index (χ4n) is 1.88. The molecular weight excluding hydrogens is 232 g/mol. The van der Waals surface area contributed by atoms with Crippen LogP contribution in [-0.2, 0) is 12.0 Å². The molecule has 0 unspecified atom stereocenters. The van der Waals surface area contributed by atoms with Crippen molar-refractivity contribution in [1.29, 1.82) is 0 Å². The average molecular weight is 262 g/mol. The number of nitrogens with two attached hydrogens (primary N) is 1. The summed E-state index contributed by atoms with van der Waals surface area (Å²) in [7, 11) is 0. The molecule has 19 heavy (non-hydrogen) atoms. The molecule has 0 fully saturated rings. The van der Waals surface area contributed by atoms with Crippen LogP contribution < -0.4 is 11.1 Å². The van der Waals surface area contributed by atoms with E-state index in [0.717, 1.165) is 26.1 Å². The van der Waals surface area contributed by atoms with Crippen LogP contribution in [0.5, 0.6) is 0 Å². The van der Waals surface area contributed by atoms with Crippen molar-refractivity contribution >= 4 is 0 Å². The van der Waals surface area contributed by atoms with Gasteiger partial charge < -0.3 is 11.1 Å². The third kappa shape index (κ3) is 5.75. The van der Waals surface area contributed by atoms with Gasteiger partial charge in [-0.1, -0.05) is 58.9 Å². The van der Waals surface area contributed by atoms with Crippen molar-refractivity contribution in [3.8, 4) is 0 Å². The summed E-state index contributed by atoms with van der Waals surface area (Å²) in [5.41, 5.74) is 8.94. The lowest BCUT2D eigenvalue weighted by molar-refractivity contribution is 0.339. The minimum absolute atomic E-state index is 0.233. The van der Waals surface area contributed by atoms with E-state index in [9.17, 15) is 0 Å². The summed E-state index contributed by atoms with van der Waals surface area (Å²) in [6, 6.07) is 8.92. The lowest BCUT2D eigenvalue weighted by atomic mass is 9.87. The molecule has 0 atom stereocenters. The summed E-state index contributed by atoms with van der Waals surface area (Å²) < 4.78 is 0. The van der Waals surface area contributed by atoms with Crippen molar-refractivity contribution in [3.63, 3.8) is 0 Å². The Hall–Kier alpha value is -0.860. The van der Waals surface area contributed by atoms with Crippen molar-refractivity contribution < 1.29 is 0 Å². The minimum atomic E-state index is 0.233. The van der Waals surface area contributed by atoms with Crippen molar-refractivity contribution in [2.75, 3.05) is 13.1 Å². The highest BCUT2D eigenvalue weighted by Crippen LogP contribution is 2.22. The molecule has 0 aliphatic carbocycles. The summed E-state index contributed by atoms with van der Waals surface area (Å²) in [5, 5.41) is 3.49. The van der Waals surface area contributed by atoms with E-state index in [-0.39, 0.29) is 10.8 Å². The van der Waals surface area contributed by atoms with Crippen LogP contribution in [0.15, 0.2) is 24.3 Å². The smallest absolute Gasteiger partial charge is 0.0205 e. The SMILES string of the molecule is CC(C)(CN)CCNCc1ccc(C(C)(C)C)cc1. The number of benzene rings is 1. The van der Waals surface area contributed by atoms with Gasteiger partial charge in [0.2, 0.25) is 0 Å². The van der Waals surface area contributed by atoms with Gasteiger partial charge in [0.1, 0.15) is 0 Å². The van der Waals surface area contributed by atoms with Crippen LogP contribution in [0.3, 0.4) is 0 Å². The fraction of sp³-hybridized carbons (Fsp3) is 0.647. The molecule has 0 saturated heterocycles. The van der Waals surface area contributed by atoms with E-state index in [0.29, 0.717) is 0 Å². The Morgan fingerprint density at radius 1 is 1.00 bits per heavy atom. The Bertz CT molecular complexity index is 371. The number of hydrogen-bond donors (Lipinski definition) is 2. The molecule has 0 aliphatic heterocycles. The Balaban J connectivity index is 2.39. The zero-order valence-electron chi connectivity index (χ0n) is 13.2. The van der Waals surface area contributed by atoms with Crippen LogP contribution >= 0.6 is 0 Å². The Labute approximate surface area is 118 Å². The van der Waals surface area contributed by atoms with Crippen LogP contribution in [0.4, 0.5) is 0 Å². The molecule has 0 saturated carbocycles. The lowest BCUT2D eigenvalue weighted by Crippen LogP contribution is -2.28. The molecule has 108 valence electrons. The van der Waals surface area contributed by atoms with Crippen molar-refractivity contribution in [2.24, 2.45) is 11.1 Å². The van der Waals surface area contributed by atoms with Gasteiger partial charge in [-0.15, -0.1) is 0 Å². The summed E-state index contributed by atoms with van der Waals surface area (Å²) >= 11 is 0. The minimum Gasteiger partial charge on any atom is -0.330 e. The molecule has 1 aromatic carbocycles. The first-order valence-corrected chi connectivity index (χ1v) is 7.25. The maximum atomic E-state index is 5.73. The van der Waals surface area contributed by atoms with Crippen LogP contribution in [0.2, 0.25) is 0 Å². The number of nitrogens with one attached hydrogen (secondary N) is 1. The Kier molecular flexibility index (Phi) is 5.57. The van der Waals surface area contributed by atoms with E-state index < -0.39 is 0 Å². The first kappa shape index (κ1) is 16.2. The van der Waals surface area contributed by atoms with Gasteiger partial charge in [0.15, 0.2) is 0 Å². The quantitative estimate of drug-likeness (QED) is 0.771. The monoisotopic (exact) mass is 262 g/mol. The second-order valence-electron chi connectivity index (χ2n) is 7.24. The van der Waals surface area contributed by atoms with Gasteiger partial charge in [-0.2, -0.15) is 0 Å². The molecule has 0 aromatic heterocycles. The third-order valence-corrected chi connectivity index (χ3v) is 3.68. The Morgan fingerprint density at radius 3 is 2.05 bits per heavy atom.